The van der Waals surface area contributed by atoms with Gasteiger partial charge in [0.2, 0.25) is 0 Å². The summed E-state index contributed by atoms with van der Waals surface area (Å²) in [4.78, 5) is 6.83. The number of aromatic nitrogens is 1. The number of ether oxygens (including phenoxy) is 1. The van der Waals surface area contributed by atoms with Crippen LogP contribution < -0.4 is 0 Å². The van der Waals surface area contributed by atoms with Crippen LogP contribution in [0.1, 0.15) is 18.5 Å². The molecular weight excluding hydrogens is 212 g/mol. The Hall–Kier alpha value is -1.19. The van der Waals surface area contributed by atoms with E-state index < -0.39 is 0 Å². The molecule has 1 aliphatic heterocycles. The van der Waals surface area contributed by atoms with Crippen molar-refractivity contribution in [3.05, 3.63) is 42.7 Å². The van der Waals surface area contributed by atoms with Crippen LogP contribution in [0.25, 0.3) is 0 Å². The molecule has 0 aliphatic carbocycles. The van der Waals surface area contributed by atoms with Gasteiger partial charge in [0.25, 0.3) is 0 Å². The maximum absolute atomic E-state index is 5.41. The summed E-state index contributed by atoms with van der Waals surface area (Å²) in [5.41, 5.74) is 1.13. The van der Waals surface area contributed by atoms with Crippen LogP contribution in [0.5, 0.6) is 0 Å². The molecule has 0 N–H and O–H groups in total. The Balaban J connectivity index is 1.98. The third-order valence-corrected chi connectivity index (χ3v) is 3.16. The second-order valence-electron chi connectivity index (χ2n) is 4.38. The van der Waals surface area contributed by atoms with Crippen molar-refractivity contribution in [2.75, 3.05) is 19.8 Å². The molecule has 1 fully saturated rings. The highest BCUT2D eigenvalue weighted by Crippen LogP contribution is 2.16. The number of hydrogen-bond acceptors (Lipinski definition) is 3. The first-order valence-corrected chi connectivity index (χ1v) is 6.23. The van der Waals surface area contributed by atoms with Gasteiger partial charge in [-0.3, -0.25) is 9.88 Å². The molecule has 0 bridgehead atoms. The van der Waals surface area contributed by atoms with E-state index in [4.69, 9.17) is 4.74 Å². The van der Waals surface area contributed by atoms with Gasteiger partial charge in [-0.1, -0.05) is 12.1 Å². The molecule has 0 unspecified atom stereocenters. The van der Waals surface area contributed by atoms with Crippen LogP contribution in [0, 0.1) is 0 Å². The molecular formula is C14H20N2O. The number of pyridine rings is 1. The smallest absolute Gasteiger partial charge is 0.0544 e. The summed E-state index contributed by atoms with van der Waals surface area (Å²) in [6, 6.07) is 6.67. The lowest BCUT2D eigenvalue weighted by atomic mass is 10.1. The highest BCUT2D eigenvalue weighted by atomic mass is 16.5. The van der Waals surface area contributed by atoms with Gasteiger partial charge >= 0.3 is 0 Å². The van der Waals surface area contributed by atoms with Crippen molar-refractivity contribution in [2.24, 2.45) is 0 Å². The van der Waals surface area contributed by atoms with E-state index in [1.807, 2.05) is 24.4 Å². The van der Waals surface area contributed by atoms with Crippen LogP contribution in [0.3, 0.4) is 0 Å². The minimum absolute atomic E-state index is 0.601. The van der Waals surface area contributed by atoms with Gasteiger partial charge in [0.1, 0.15) is 0 Å². The predicted octanol–water partition coefficient (Wildman–Crippen LogP) is 2.25. The lowest BCUT2D eigenvalue weighted by Gasteiger charge is -2.33. The SMILES string of the molecule is C=CCN(Cc1ccccn1)C1CCOCC1. The molecule has 0 saturated carbocycles. The predicted molar refractivity (Wildman–Crippen MR) is 68.7 cm³/mol. The summed E-state index contributed by atoms with van der Waals surface area (Å²) in [6.07, 6.45) is 6.05. The molecule has 0 atom stereocenters. The Kier molecular flexibility index (Phi) is 4.71. The van der Waals surface area contributed by atoms with Crippen LogP contribution in [0.2, 0.25) is 0 Å². The molecule has 3 nitrogen and oxygen atoms in total. The van der Waals surface area contributed by atoms with Crippen LogP contribution in [0.15, 0.2) is 37.1 Å². The van der Waals surface area contributed by atoms with E-state index in [1.165, 1.54) is 0 Å². The van der Waals surface area contributed by atoms with Gasteiger partial charge in [-0.15, -0.1) is 6.58 Å². The van der Waals surface area contributed by atoms with Crippen LogP contribution in [-0.4, -0.2) is 35.7 Å². The molecule has 0 amide bonds. The Morgan fingerprint density at radius 1 is 1.41 bits per heavy atom. The van der Waals surface area contributed by atoms with Crippen molar-refractivity contribution in [1.29, 1.82) is 0 Å². The fourth-order valence-corrected chi connectivity index (χ4v) is 2.26. The average Bonchev–Trinajstić information content (AvgIpc) is 2.40. The summed E-state index contributed by atoms with van der Waals surface area (Å²) in [6.45, 7) is 7.41. The van der Waals surface area contributed by atoms with E-state index in [2.05, 4.69) is 22.5 Å². The fraction of sp³-hybridized carbons (Fsp3) is 0.500. The first-order valence-electron chi connectivity index (χ1n) is 6.23. The number of hydrogen-bond donors (Lipinski definition) is 0. The molecule has 17 heavy (non-hydrogen) atoms. The van der Waals surface area contributed by atoms with Crippen molar-refractivity contribution < 1.29 is 4.74 Å². The van der Waals surface area contributed by atoms with Crippen molar-refractivity contribution in [2.45, 2.75) is 25.4 Å². The first-order chi connectivity index (χ1) is 8.40. The molecule has 92 valence electrons. The molecule has 2 rings (SSSR count). The van der Waals surface area contributed by atoms with Gasteiger partial charge in [-0.2, -0.15) is 0 Å². The normalized spacial score (nSPS) is 17.2. The minimum Gasteiger partial charge on any atom is -0.381 e. The Labute approximate surface area is 103 Å². The van der Waals surface area contributed by atoms with E-state index >= 15 is 0 Å². The molecule has 1 aliphatic rings. The van der Waals surface area contributed by atoms with Gasteiger partial charge in [0.05, 0.1) is 5.69 Å². The molecule has 2 heterocycles. The highest BCUT2D eigenvalue weighted by molar-refractivity contribution is 5.04. The third-order valence-electron chi connectivity index (χ3n) is 3.16. The topological polar surface area (TPSA) is 25.4 Å². The monoisotopic (exact) mass is 232 g/mol. The van der Waals surface area contributed by atoms with E-state index in [9.17, 15) is 0 Å². The second kappa shape index (κ2) is 6.52. The third kappa shape index (κ3) is 3.65. The zero-order chi connectivity index (χ0) is 11.9. The molecule has 1 aromatic rings. The van der Waals surface area contributed by atoms with Gasteiger partial charge in [0.15, 0.2) is 0 Å². The van der Waals surface area contributed by atoms with Crippen LogP contribution >= 0.6 is 0 Å². The quantitative estimate of drug-likeness (QED) is 0.728. The first kappa shape index (κ1) is 12.3. The molecule has 0 aromatic carbocycles. The Morgan fingerprint density at radius 2 is 2.24 bits per heavy atom. The summed E-state index contributed by atoms with van der Waals surface area (Å²) >= 11 is 0. The Bertz CT molecular complexity index is 333. The molecule has 0 radical (unpaired) electrons. The van der Waals surface area contributed by atoms with E-state index in [0.29, 0.717) is 6.04 Å². The second-order valence-corrected chi connectivity index (χ2v) is 4.38. The Morgan fingerprint density at radius 3 is 2.88 bits per heavy atom. The van der Waals surface area contributed by atoms with Crippen molar-refractivity contribution >= 4 is 0 Å². The zero-order valence-electron chi connectivity index (χ0n) is 10.2. The number of rotatable bonds is 5. The summed E-state index contributed by atoms with van der Waals surface area (Å²) in [5.74, 6) is 0. The van der Waals surface area contributed by atoms with Gasteiger partial charge in [0, 0.05) is 38.5 Å². The maximum Gasteiger partial charge on any atom is 0.0544 e. The van der Waals surface area contributed by atoms with E-state index in [0.717, 1.165) is 44.8 Å². The van der Waals surface area contributed by atoms with Gasteiger partial charge < -0.3 is 4.74 Å². The average molecular weight is 232 g/mol. The minimum atomic E-state index is 0.601. The summed E-state index contributed by atoms with van der Waals surface area (Å²) in [5, 5.41) is 0. The molecule has 1 aromatic heterocycles. The van der Waals surface area contributed by atoms with Crippen LogP contribution in [-0.2, 0) is 11.3 Å². The largest absolute Gasteiger partial charge is 0.381 e. The fourth-order valence-electron chi connectivity index (χ4n) is 2.26. The van der Waals surface area contributed by atoms with Crippen molar-refractivity contribution in [3.8, 4) is 0 Å². The van der Waals surface area contributed by atoms with Crippen LogP contribution in [0.4, 0.5) is 0 Å². The lowest BCUT2D eigenvalue weighted by Crippen LogP contribution is -2.39. The highest BCUT2D eigenvalue weighted by Gasteiger charge is 2.20. The lowest BCUT2D eigenvalue weighted by molar-refractivity contribution is 0.0349. The summed E-state index contributed by atoms with van der Waals surface area (Å²) < 4.78 is 5.41. The van der Waals surface area contributed by atoms with Crippen molar-refractivity contribution in [1.82, 2.24) is 9.88 Å². The molecule has 3 heteroatoms. The van der Waals surface area contributed by atoms with Crippen molar-refractivity contribution in [3.63, 3.8) is 0 Å². The van der Waals surface area contributed by atoms with Gasteiger partial charge in [-0.05, 0) is 25.0 Å². The van der Waals surface area contributed by atoms with Gasteiger partial charge in [-0.25, -0.2) is 0 Å². The molecule has 0 spiro atoms. The molecule has 1 saturated heterocycles. The van der Waals surface area contributed by atoms with E-state index in [-0.39, 0.29) is 0 Å². The zero-order valence-corrected chi connectivity index (χ0v) is 10.2. The standard InChI is InChI=1S/C14H20N2O/c1-2-9-16(14-6-10-17-11-7-14)12-13-5-3-4-8-15-13/h2-5,8,14H,1,6-7,9-12H2. The summed E-state index contributed by atoms with van der Waals surface area (Å²) in [7, 11) is 0. The maximum atomic E-state index is 5.41. The number of nitrogens with zero attached hydrogens (tertiary/aromatic N) is 2. The van der Waals surface area contributed by atoms with E-state index in [1.54, 1.807) is 0 Å².